The first-order valence-electron chi connectivity index (χ1n) is 6.20. The standard InChI is InChI=1S/C12H17ClN2O3S/c1-8-3-4-15(7-9(8)2)19(17,18)10-5-11(13)12(16)14-6-10/h5-6,8-9H,3-4,7H2,1-2H3,(H,14,16). The first-order chi connectivity index (χ1) is 8.82. The van der Waals surface area contributed by atoms with E-state index in [1.165, 1.54) is 16.6 Å². The van der Waals surface area contributed by atoms with Crippen LogP contribution in [0.1, 0.15) is 20.3 Å². The molecule has 19 heavy (non-hydrogen) atoms. The average Bonchev–Trinajstić information content (AvgIpc) is 2.35. The van der Waals surface area contributed by atoms with Gasteiger partial charge in [-0.1, -0.05) is 25.4 Å². The van der Waals surface area contributed by atoms with Gasteiger partial charge in [-0.05, 0) is 24.3 Å². The van der Waals surface area contributed by atoms with Crippen molar-refractivity contribution in [3.05, 3.63) is 27.6 Å². The number of aromatic amines is 1. The Morgan fingerprint density at radius 2 is 2.05 bits per heavy atom. The van der Waals surface area contributed by atoms with Crippen molar-refractivity contribution < 1.29 is 8.42 Å². The molecule has 1 N–H and O–H groups in total. The SMILES string of the molecule is CC1CCN(S(=O)(=O)c2c[nH]c(=O)c(Cl)c2)CC1C. The minimum Gasteiger partial charge on any atom is -0.326 e. The maximum Gasteiger partial charge on any atom is 0.266 e. The Morgan fingerprint density at radius 3 is 2.63 bits per heavy atom. The molecule has 0 aliphatic carbocycles. The predicted octanol–water partition coefficient (Wildman–Crippen LogP) is 1.69. The maximum atomic E-state index is 12.4. The van der Waals surface area contributed by atoms with Crippen molar-refractivity contribution in [2.45, 2.75) is 25.2 Å². The summed E-state index contributed by atoms with van der Waals surface area (Å²) in [4.78, 5) is 13.6. The molecular formula is C12H17ClN2O3S. The molecule has 0 aromatic carbocycles. The topological polar surface area (TPSA) is 70.2 Å². The lowest BCUT2D eigenvalue weighted by molar-refractivity contribution is 0.212. The van der Waals surface area contributed by atoms with Gasteiger partial charge in [-0.2, -0.15) is 4.31 Å². The fourth-order valence-electron chi connectivity index (χ4n) is 2.18. The largest absolute Gasteiger partial charge is 0.326 e. The Hall–Kier alpha value is -0.850. The Bertz CT molecular complexity index is 626. The Kier molecular flexibility index (Phi) is 4.03. The fourth-order valence-corrected chi connectivity index (χ4v) is 3.97. The summed E-state index contributed by atoms with van der Waals surface area (Å²) in [6.07, 6.45) is 2.05. The van der Waals surface area contributed by atoms with Crippen LogP contribution in [0.3, 0.4) is 0 Å². The van der Waals surface area contributed by atoms with Crippen LogP contribution in [0.15, 0.2) is 22.0 Å². The zero-order valence-corrected chi connectivity index (χ0v) is 12.5. The van der Waals surface area contributed by atoms with Crippen LogP contribution in [0, 0.1) is 11.8 Å². The van der Waals surface area contributed by atoms with Crippen LogP contribution in [0.2, 0.25) is 5.02 Å². The van der Waals surface area contributed by atoms with Crippen molar-refractivity contribution in [1.29, 1.82) is 0 Å². The molecule has 2 atom stereocenters. The minimum absolute atomic E-state index is 0.0406. The van der Waals surface area contributed by atoms with E-state index in [0.717, 1.165) is 6.42 Å². The summed E-state index contributed by atoms with van der Waals surface area (Å²) in [6, 6.07) is 1.21. The van der Waals surface area contributed by atoms with Crippen molar-refractivity contribution in [2.75, 3.05) is 13.1 Å². The molecule has 1 aliphatic heterocycles. The van der Waals surface area contributed by atoms with Crippen LogP contribution < -0.4 is 5.56 Å². The first-order valence-corrected chi connectivity index (χ1v) is 8.02. The number of piperidine rings is 1. The summed E-state index contributed by atoms with van der Waals surface area (Å²) in [7, 11) is -3.58. The van der Waals surface area contributed by atoms with E-state index >= 15 is 0 Å². The number of hydrogen-bond donors (Lipinski definition) is 1. The minimum atomic E-state index is -3.58. The van der Waals surface area contributed by atoms with Crippen LogP contribution in [0.4, 0.5) is 0 Å². The number of rotatable bonds is 2. The second-order valence-electron chi connectivity index (χ2n) is 5.12. The molecule has 1 aliphatic rings. The summed E-state index contributed by atoms with van der Waals surface area (Å²) in [6.45, 7) is 5.18. The second kappa shape index (κ2) is 5.26. The van der Waals surface area contributed by atoms with Gasteiger partial charge in [-0.3, -0.25) is 4.79 Å². The number of hydrogen-bond acceptors (Lipinski definition) is 3. The summed E-state index contributed by atoms with van der Waals surface area (Å²) >= 11 is 5.68. The monoisotopic (exact) mass is 304 g/mol. The molecule has 1 aromatic rings. The van der Waals surface area contributed by atoms with Gasteiger partial charge in [0.1, 0.15) is 5.02 Å². The first kappa shape index (κ1) is 14.6. The van der Waals surface area contributed by atoms with Gasteiger partial charge in [-0.15, -0.1) is 0 Å². The highest BCUT2D eigenvalue weighted by Crippen LogP contribution is 2.27. The summed E-state index contributed by atoms with van der Waals surface area (Å²) in [5, 5.41) is -0.112. The normalized spacial score (nSPS) is 25.4. The van der Waals surface area contributed by atoms with E-state index in [-0.39, 0.29) is 9.92 Å². The van der Waals surface area contributed by atoms with E-state index in [1.54, 1.807) is 0 Å². The van der Waals surface area contributed by atoms with Gasteiger partial charge in [0.15, 0.2) is 0 Å². The number of H-pyrrole nitrogens is 1. The molecule has 1 aromatic heterocycles. The molecular weight excluding hydrogens is 288 g/mol. The summed E-state index contributed by atoms with van der Waals surface area (Å²) < 4.78 is 26.4. The van der Waals surface area contributed by atoms with Gasteiger partial charge in [0, 0.05) is 19.3 Å². The number of nitrogens with zero attached hydrogens (tertiary/aromatic N) is 1. The van der Waals surface area contributed by atoms with E-state index in [9.17, 15) is 13.2 Å². The van der Waals surface area contributed by atoms with Gasteiger partial charge >= 0.3 is 0 Å². The number of pyridine rings is 1. The summed E-state index contributed by atoms with van der Waals surface area (Å²) in [5.41, 5.74) is -0.485. The Balaban J connectivity index is 2.32. The zero-order valence-electron chi connectivity index (χ0n) is 10.9. The second-order valence-corrected chi connectivity index (χ2v) is 7.46. The van der Waals surface area contributed by atoms with Crippen molar-refractivity contribution in [1.82, 2.24) is 9.29 Å². The van der Waals surface area contributed by atoms with Crippen molar-refractivity contribution >= 4 is 21.6 Å². The Morgan fingerprint density at radius 1 is 1.37 bits per heavy atom. The zero-order chi connectivity index (χ0) is 14.2. The molecule has 0 bridgehead atoms. The van der Waals surface area contributed by atoms with Gasteiger partial charge in [0.2, 0.25) is 10.0 Å². The smallest absolute Gasteiger partial charge is 0.266 e. The molecule has 1 saturated heterocycles. The van der Waals surface area contributed by atoms with Crippen LogP contribution in [-0.4, -0.2) is 30.8 Å². The summed E-state index contributed by atoms with van der Waals surface area (Å²) in [5.74, 6) is 0.840. The number of halogens is 1. The molecule has 0 spiro atoms. The lowest BCUT2D eigenvalue weighted by Crippen LogP contribution is -2.42. The van der Waals surface area contributed by atoms with Gasteiger partial charge in [-0.25, -0.2) is 8.42 Å². The fraction of sp³-hybridized carbons (Fsp3) is 0.583. The molecule has 7 heteroatoms. The molecule has 2 rings (SSSR count). The molecule has 0 radical (unpaired) electrons. The number of aromatic nitrogens is 1. The van der Waals surface area contributed by atoms with E-state index in [4.69, 9.17) is 11.6 Å². The third kappa shape index (κ3) is 2.85. The van der Waals surface area contributed by atoms with Crippen LogP contribution in [-0.2, 0) is 10.0 Å². The molecule has 2 heterocycles. The lowest BCUT2D eigenvalue weighted by Gasteiger charge is -2.34. The van der Waals surface area contributed by atoms with Crippen LogP contribution in [0.5, 0.6) is 0 Å². The highest BCUT2D eigenvalue weighted by Gasteiger charge is 2.32. The van der Waals surface area contributed by atoms with E-state index in [0.29, 0.717) is 24.9 Å². The predicted molar refractivity (Wildman–Crippen MR) is 73.8 cm³/mol. The van der Waals surface area contributed by atoms with Crippen LogP contribution in [0.25, 0.3) is 0 Å². The van der Waals surface area contributed by atoms with E-state index in [1.807, 2.05) is 6.92 Å². The quantitative estimate of drug-likeness (QED) is 0.904. The highest BCUT2D eigenvalue weighted by molar-refractivity contribution is 7.89. The molecule has 1 fully saturated rings. The van der Waals surface area contributed by atoms with Crippen molar-refractivity contribution in [3.63, 3.8) is 0 Å². The van der Waals surface area contributed by atoms with Crippen molar-refractivity contribution in [2.24, 2.45) is 11.8 Å². The molecule has 0 amide bonds. The van der Waals surface area contributed by atoms with Crippen LogP contribution >= 0.6 is 11.6 Å². The third-order valence-electron chi connectivity index (χ3n) is 3.77. The molecule has 5 nitrogen and oxygen atoms in total. The molecule has 2 unspecified atom stereocenters. The molecule has 106 valence electrons. The number of nitrogens with one attached hydrogen (secondary N) is 1. The average molecular weight is 305 g/mol. The van der Waals surface area contributed by atoms with Gasteiger partial charge in [0.25, 0.3) is 5.56 Å². The van der Waals surface area contributed by atoms with Gasteiger partial charge in [0.05, 0.1) is 4.90 Å². The molecule has 0 saturated carbocycles. The highest BCUT2D eigenvalue weighted by atomic mass is 35.5. The maximum absolute atomic E-state index is 12.4. The Labute approximate surface area is 117 Å². The lowest BCUT2D eigenvalue weighted by atomic mass is 9.90. The van der Waals surface area contributed by atoms with E-state index < -0.39 is 15.6 Å². The number of sulfonamides is 1. The van der Waals surface area contributed by atoms with E-state index in [2.05, 4.69) is 11.9 Å². The van der Waals surface area contributed by atoms with Crippen molar-refractivity contribution in [3.8, 4) is 0 Å². The third-order valence-corrected chi connectivity index (χ3v) is 5.89. The van der Waals surface area contributed by atoms with Gasteiger partial charge < -0.3 is 4.98 Å².